The Morgan fingerprint density at radius 1 is 1.00 bits per heavy atom. The quantitative estimate of drug-likeness (QED) is 0.284. The van der Waals surface area contributed by atoms with Crippen molar-refractivity contribution in [2.75, 3.05) is 6.61 Å². The molecule has 2 rings (SSSR count). The third-order valence-electron chi connectivity index (χ3n) is 3.36. The van der Waals surface area contributed by atoms with E-state index in [1.165, 1.54) is 0 Å². The fourth-order valence-corrected chi connectivity index (χ4v) is 5.95. The number of halogens is 4. The molecular formula is C17H13I4NO6. The van der Waals surface area contributed by atoms with Gasteiger partial charge in [-0.2, -0.15) is 0 Å². The minimum atomic E-state index is -1.23. The van der Waals surface area contributed by atoms with Crippen LogP contribution in [0.15, 0.2) is 24.3 Å². The molecule has 0 saturated heterocycles. The van der Waals surface area contributed by atoms with E-state index >= 15 is 0 Å². The topological polar surface area (TPSA) is 119 Å². The van der Waals surface area contributed by atoms with Gasteiger partial charge in [-0.25, -0.2) is 4.79 Å². The van der Waals surface area contributed by atoms with Gasteiger partial charge in [0.15, 0.2) is 12.4 Å². The molecule has 0 spiro atoms. The highest BCUT2D eigenvalue weighted by Crippen LogP contribution is 2.36. The summed E-state index contributed by atoms with van der Waals surface area (Å²) in [5.74, 6) is -0.517. The number of nitrogens with two attached hydrogens (primary N) is 1. The Morgan fingerprint density at radius 3 is 2.04 bits per heavy atom. The fraction of sp³-hybridized carbons (Fsp3) is 0.176. The van der Waals surface area contributed by atoms with E-state index in [2.05, 4.69) is 49.9 Å². The predicted octanol–water partition coefficient (Wildman–Crippen LogP) is 4.10. The molecule has 0 aliphatic carbocycles. The van der Waals surface area contributed by atoms with Crippen LogP contribution in [0.25, 0.3) is 0 Å². The molecule has 11 heteroatoms. The second-order valence-electron chi connectivity index (χ2n) is 5.54. The third kappa shape index (κ3) is 6.69. The lowest BCUT2D eigenvalue weighted by Crippen LogP contribution is -2.35. The number of carbonyl (C=O) groups excluding carboxylic acids is 1. The summed E-state index contributed by atoms with van der Waals surface area (Å²) in [6.07, 6.45) is 0.208. The van der Waals surface area contributed by atoms with E-state index in [4.69, 9.17) is 15.6 Å². The van der Waals surface area contributed by atoms with Gasteiger partial charge < -0.3 is 25.4 Å². The normalized spacial score (nSPS) is 11.8. The largest absolute Gasteiger partial charge is 0.506 e. The highest BCUT2D eigenvalue weighted by atomic mass is 127. The zero-order valence-corrected chi connectivity index (χ0v) is 22.5. The summed E-state index contributed by atoms with van der Waals surface area (Å²) in [5, 5.41) is 18.4. The molecule has 2 aromatic rings. The number of hydrogen-bond acceptors (Lipinski definition) is 6. The number of esters is 1. The van der Waals surface area contributed by atoms with E-state index in [0.29, 0.717) is 18.6 Å². The number of ether oxygens (including phenoxy) is 2. The van der Waals surface area contributed by atoms with Crippen LogP contribution in [0.2, 0.25) is 0 Å². The van der Waals surface area contributed by atoms with E-state index in [9.17, 15) is 14.7 Å². The first-order valence-corrected chi connectivity index (χ1v) is 11.9. The Balaban J connectivity index is 2.16. The van der Waals surface area contributed by atoms with Crippen molar-refractivity contribution in [2.24, 2.45) is 5.73 Å². The number of phenolic OH excluding ortho intramolecular Hbond substituents is 1. The monoisotopic (exact) mass is 835 g/mol. The molecule has 2 aromatic carbocycles. The molecule has 0 heterocycles. The Labute approximate surface area is 215 Å². The van der Waals surface area contributed by atoms with Crippen molar-refractivity contribution in [1.82, 2.24) is 0 Å². The highest BCUT2D eigenvalue weighted by molar-refractivity contribution is 14.1. The lowest BCUT2D eigenvalue weighted by Gasteiger charge is -2.15. The summed E-state index contributed by atoms with van der Waals surface area (Å²) >= 11 is 8.34. The van der Waals surface area contributed by atoms with Crippen LogP contribution in [0.1, 0.15) is 5.56 Å². The minimum absolute atomic E-state index is 0.208. The average molecular weight is 835 g/mol. The Kier molecular flexibility index (Phi) is 9.27. The van der Waals surface area contributed by atoms with E-state index in [0.717, 1.165) is 12.7 Å². The SMILES string of the molecule is NC(Cc1cc(I)c(Oc2cc(I)c(O)c(I)c2)c(I)c1)C(=O)OCC(=O)O. The van der Waals surface area contributed by atoms with Crippen LogP contribution < -0.4 is 10.5 Å². The van der Waals surface area contributed by atoms with Gasteiger partial charge in [0.05, 0.1) is 14.3 Å². The molecule has 0 amide bonds. The number of rotatable bonds is 7. The molecule has 0 saturated carbocycles. The molecule has 0 aromatic heterocycles. The van der Waals surface area contributed by atoms with Gasteiger partial charge in [0, 0.05) is 0 Å². The van der Waals surface area contributed by atoms with Crippen molar-refractivity contribution in [1.29, 1.82) is 0 Å². The van der Waals surface area contributed by atoms with Crippen LogP contribution >= 0.6 is 90.4 Å². The molecule has 1 atom stereocenters. The van der Waals surface area contributed by atoms with Gasteiger partial charge in [-0.05, 0) is 127 Å². The molecule has 7 nitrogen and oxygen atoms in total. The molecule has 0 aliphatic heterocycles. The minimum Gasteiger partial charge on any atom is -0.506 e. The summed E-state index contributed by atoms with van der Waals surface area (Å²) in [4.78, 5) is 22.2. The predicted molar refractivity (Wildman–Crippen MR) is 136 cm³/mol. The van der Waals surface area contributed by atoms with Gasteiger partial charge in [-0.1, -0.05) is 0 Å². The summed E-state index contributed by atoms with van der Waals surface area (Å²) < 4.78 is 13.6. The fourth-order valence-electron chi connectivity index (χ4n) is 2.12. The standard InChI is InChI=1S/C17H13I4NO6/c18-9-4-8(5-10(19)15(9)25)28-16-11(20)1-7(2-12(16)21)3-13(22)17(26)27-6-14(23)24/h1-2,4-5,13,25H,3,6,22H2,(H,23,24). The van der Waals surface area contributed by atoms with Crippen molar-refractivity contribution in [3.8, 4) is 17.2 Å². The Hall–Kier alpha value is -0.140. The molecule has 28 heavy (non-hydrogen) atoms. The van der Waals surface area contributed by atoms with Crippen molar-refractivity contribution in [2.45, 2.75) is 12.5 Å². The van der Waals surface area contributed by atoms with Gasteiger partial charge >= 0.3 is 11.9 Å². The first kappa shape index (κ1) is 24.1. The van der Waals surface area contributed by atoms with Crippen molar-refractivity contribution >= 4 is 102 Å². The van der Waals surface area contributed by atoms with E-state index in [-0.39, 0.29) is 12.2 Å². The number of carboxylic acid groups (broad SMARTS) is 1. The Bertz CT molecular complexity index is 875. The zero-order chi connectivity index (χ0) is 21.0. The smallest absolute Gasteiger partial charge is 0.341 e. The number of carbonyl (C=O) groups is 2. The van der Waals surface area contributed by atoms with Crippen molar-refractivity contribution in [3.63, 3.8) is 0 Å². The first-order valence-electron chi connectivity index (χ1n) is 7.56. The second-order valence-corrected chi connectivity index (χ2v) is 10.2. The summed E-state index contributed by atoms with van der Waals surface area (Å²) in [6.45, 7) is -0.710. The maximum atomic E-state index is 11.8. The number of aromatic hydroxyl groups is 1. The highest BCUT2D eigenvalue weighted by Gasteiger charge is 2.19. The van der Waals surface area contributed by atoms with E-state index in [1.54, 1.807) is 12.1 Å². The maximum absolute atomic E-state index is 11.8. The van der Waals surface area contributed by atoms with Crippen LogP contribution in [0.5, 0.6) is 17.2 Å². The molecule has 0 aliphatic rings. The number of hydrogen-bond donors (Lipinski definition) is 3. The maximum Gasteiger partial charge on any atom is 0.341 e. The van der Waals surface area contributed by atoms with Gasteiger partial charge in [-0.15, -0.1) is 0 Å². The third-order valence-corrected chi connectivity index (χ3v) is 6.61. The van der Waals surface area contributed by atoms with Gasteiger partial charge in [-0.3, -0.25) is 4.79 Å². The van der Waals surface area contributed by atoms with Crippen molar-refractivity contribution in [3.05, 3.63) is 44.1 Å². The lowest BCUT2D eigenvalue weighted by molar-refractivity contribution is -0.156. The van der Waals surface area contributed by atoms with Gasteiger partial charge in [0.25, 0.3) is 0 Å². The zero-order valence-electron chi connectivity index (χ0n) is 13.9. The molecular weight excluding hydrogens is 822 g/mol. The summed E-state index contributed by atoms with van der Waals surface area (Å²) in [6, 6.07) is 6.22. The average Bonchev–Trinajstić information content (AvgIpc) is 2.60. The second kappa shape index (κ2) is 10.8. The van der Waals surface area contributed by atoms with E-state index < -0.39 is 24.6 Å². The van der Waals surface area contributed by atoms with Gasteiger partial charge in [0.1, 0.15) is 17.5 Å². The number of aliphatic carboxylic acids is 1. The van der Waals surface area contributed by atoms with Crippen LogP contribution in [0, 0.1) is 14.3 Å². The Morgan fingerprint density at radius 2 is 1.54 bits per heavy atom. The molecule has 0 bridgehead atoms. The molecule has 0 fully saturated rings. The summed E-state index contributed by atoms with van der Waals surface area (Å²) in [5.41, 5.74) is 6.62. The van der Waals surface area contributed by atoms with Crippen LogP contribution in [-0.2, 0) is 20.7 Å². The molecule has 4 N–H and O–H groups in total. The van der Waals surface area contributed by atoms with Gasteiger partial charge in [0.2, 0.25) is 0 Å². The number of benzene rings is 2. The van der Waals surface area contributed by atoms with Crippen molar-refractivity contribution < 1.29 is 29.3 Å². The number of carboxylic acids is 1. The van der Waals surface area contributed by atoms with Crippen LogP contribution in [-0.4, -0.2) is 34.8 Å². The molecule has 1 unspecified atom stereocenters. The van der Waals surface area contributed by atoms with Crippen LogP contribution in [0.3, 0.4) is 0 Å². The van der Waals surface area contributed by atoms with Crippen LogP contribution in [0.4, 0.5) is 0 Å². The number of phenols is 1. The summed E-state index contributed by atoms with van der Waals surface area (Å²) in [7, 11) is 0. The lowest BCUT2D eigenvalue weighted by atomic mass is 10.1. The molecule has 0 radical (unpaired) electrons. The molecule has 150 valence electrons. The first-order chi connectivity index (χ1) is 13.1. The van der Waals surface area contributed by atoms with E-state index in [1.807, 2.05) is 57.3 Å².